The summed E-state index contributed by atoms with van der Waals surface area (Å²) in [5, 5.41) is 6.83. The molecule has 2 aromatic rings. The second-order valence-electron chi connectivity index (χ2n) is 7.26. The van der Waals surface area contributed by atoms with Gasteiger partial charge in [-0.3, -0.25) is 4.99 Å². The number of nitrogens with zero attached hydrogens (tertiary/aromatic N) is 2. The molecule has 1 fully saturated rings. The van der Waals surface area contributed by atoms with Crippen molar-refractivity contribution in [3.8, 4) is 17.2 Å². The Morgan fingerprint density at radius 2 is 1.83 bits per heavy atom. The molecule has 1 saturated heterocycles. The molecule has 1 unspecified atom stereocenters. The molecule has 1 aliphatic heterocycles. The Morgan fingerprint density at radius 1 is 1.03 bits per heavy atom. The van der Waals surface area contributed by atoms with E-state index < -0.39 is 0 Å². The minimum Gasteiger partial charge on any atom is -0.497 e. The van der Waals surface area contributed by atoms with Gasteiger partial charge in [-0.25, -0.2) is 0 Å². The molecule has 1 heterocycles. The molecule has 2 N–H and O–H groups in total. The van der Waals surface area contributed by atoms with Crippen LogP contribution in [0.4, 0.5) is 5.69 Å². The quantitative estimate of drug-likeness (QED) is 0.513. The third-order valence-electron chi connectivity index (χ3n) is 5.43. The van der Waals surface area contributed by atoms with Gasteiger partial charge in [-0.05, 0) is 36.6 Å². The van der Waals surface area contributed by atoms with E-state index in [2.05, 4.69) is 32.7 Å². The number of para-hydroxylation sites is 2. The average molecular weight is 413 g/mol. The number of aliphatic imine (C=N–C) groups is 1. The van der Waals surface area contributed by atoms with Crippen molar-refractivity contribution in [1.82, 2.24) is 10.6 Å². The highest BCUT2D eigenvalue weighted by molar-refractivity contribution is 5.79. The maximum absolute atomic E-state index is 5.51. The molecule has 0 spiro atoms. The normalized spacial score (nSPS) is 16.3. The highest BCUT2D eigenvalue weighted by atomic mass is 16.5. The van der Waals surface area contributed by atoms with E-state index in [1.165, 1.54) is 0 Å². The molecule has 0 amide bonds. The van der Waals surface area contributed by atoms with Crippen LogP contribution in [0.3, 0.4) is 0 Å². The lowest BCUT2D eigenvalue weighted by atomic mass is 10.1. The Balaban J connectivity index is 1.50. The van der Waals surface area contributed by atoms with Crippen molar-refractivity contribution in [2.75, 3.05) is 52.9 Å². The molecular weight excluding hydrogens is 380 g/mol. The fourth-order valence-electron chi connectivity index (χ4n) is 3.75. The van der Waals surface area contributed by atoms with Gasteiger partial charge in [0.1, 0.15) is 17.2 Å². The van der Waals surface area contributed by atoms with Gasteiger partial charge < -0.3 is 29.7 Å². The number of methoxy groups -OCH3 is 3. The van der Waals surface area contributed by atoms with Crippen LogP contribution >= 0.6 is 0 Å². The average Bonchev–Trinajstić information content (AvgIpc) is 3.28. The van der Waals surface area contributed by atoms with Gasteiger partial charge in [-0.15, -0.1) is 0 Å². The third kappa shape index (κ3) is 5.28. The van der Waals surface area contributed by atoms with Crippen LogP contribution < -0.4 is 29.7 Å². The van der Waals surface area contributed by atoms with Gasteiger partial charge in [0.2, 0.25) is 0 Å². The minimum absolute atomic E-state index is 0.545. The zero-order chi connectivity index (χ0) is 21.3. The maximum atomic E-state index is 5.51. The van der Waals surface area contributed by atoms with Crippen molar-refractivity contribution in [2.45, 2.75) is 13.0 Å². The van der Waals surface area contributed by atoms with E-state index in [1.54, 1.807) is 28.4 Å². The molecule has 7 nitrogen and oxygen atoms in total. The maximum Gasteiger partial charge on any atom is 0.191 e. The standard InChI is InChI=1S/C23H32N4O3/c1-24-23(26-15-18-9-10-19(28-2)13-22(18)30-4)25-14-17-11-12-27(16-17)20-7-5-6-8-21(20)29-3/h5-10,13,17H,11-12,14-16H2,1-4H3,(H2,24,25,26). The summed E-state index contributed by atoms with van der Waals surface area (Å²) in [6.45, 7) is 3.51. The number of nitrogens with one attached hydrogen (secondary N) is 2. The number of guanidine groups is 1. The molecule has 162 valence electrons. The Kier molecular flexibility index (Phi) is 7.65. The van der Waals surface area contributed by atoms with Gasteiger partial charge in [0.05, 0.1) is 27.0 Å². The molecule has 2 aromatic carbocycles. The van der Waals surface area contributed by atoms with Crippen LogP contribution in [0.15, 0.2) is 47.5 Å². The van der Waals surface area contributed by atoms with Crippen LogP contribution in [0.25, 0.3) is 0 Å². The van der Waals surface area contributed by atoms with Crippen molar-refractivity contribution in [1.29, 1.82) is 0 Å². The van der Waals surface area contributed by atoms with Crippen LogP contribution in [0, 0.1) is 5.92 Å². The lowest BCUT2D eigenvalue weighted by molar-refractivity contribution is 0.390. The van der Waals surface area contributed by atoms with Crippen molar-refractivity contribution >= 4 is 11.6 Å². The van der Waals surface area contributed by atoms with Gasteiger partial charge in [0.15, 0.2) is 5.96 Å². The summed E-state index contributed by atoms with van der Waals surface area (Å²) >= 11 is 0. The first-order valence-electron chi connectivity index (χ1n) is 10.2. The summed E-state index contributed by atoms with van der Waals surface area (Å²) in [4.78, 5) is 6.75. The summed E-state index contributed by atoms with van der Waals surface area (Å²) in [5.41, 5.74) is 2.21. The van der Waals surface area contributed by atoms with Crippen LogP contribution in [0.5, 0.6) is 17.2 Å². The molecule has 0 aromatic heterocycles. The molecule has 1 atom stereocenters. The van der Waals surface area contributed by atoms with Crippen LogP contribution in [0.1, 0.15) is 12.0 Å². The second kappa shape index (κ2) is 10.6. The predicted molar refractivity (Wildman–Crippen MR) is 121 cm³/mol. The number of benzene rings is 2. The van der Waals surface area contributed by atoms with Crippen molar-refractivity contribution < 1.29 is 14.2 Å². The third-order valence-corrected chi connectivity index (χ3v) is 5.43. The molecule has 0 radical (unpaired) electrons. The summed E-state index contributed by atoms with van der Waals surface area (Å²) < 4.78 is 16.2. The minimum atomic E-state index is 0.545. The van der Waals surface area contributed by atoms with Gasteiger partial charge in [0, 0.05) is 44.9 Å². The monoisotopic (exact) mass is 412 g/mol. The summed E-state index contributed by atoms with van der Waals surface area (Å²) in [7, 11) is 6.83. The lowest BCUT2D eigenvalue weighted by Crippen LogP contribution is -2.40. The molecule has 1 aliphatic rings. The second-order valence-corrected chi connectivity index (χ2v) is 7.26. The van der Waals surface area contributed by atoms with Crippen molar-refractivity contribution in [3.05, 3.63) is 48.0 Å². The fourth-order valence-corrected chi connectivity index (χ4v) is 3.75. The van der Waals surface area contributed by atoms with Crippen LogP contribution in [-0.2, 0) is 6.54 Å². The van der Waals surface area contributed by atoms with E-state index in [1.807, 2.05) is 30.3 Å². The lowest BCUT2D eigenvalue weighted by Gasteiger charge is -2.21. The molecular formula is C23H32N4O3. The van der Waals surface area contributed by atoms with E-state index in [-0.39, 0.29) is 0 Å². The fraction of sp³-hybridized carbons (Fsp3) is 0.435. The van der Waals surface area contributed by atoms with E-state index >= 15 is 0 Å². The topological polar surface area (TPSA) is 67.4 Å². The zero-order valence-electron chi connectivity index (χ0n) is 18.3. The van der Waals surface area contributed by atoms with Crippen LogP contribution in [-0.4, -0.2) is 54.0 Å². The van der Waals surface area contributed by atoms with Gasteiger partial charge in [0.25, 0.3) is 0 Å². The van der Waals surface area contributed by atoms with Crippen molar-refractivity contribution in [3.63, 3.8) is 0 Å². The first kappa shape index (κ1) is 21.6. The van der Waals surface area contributed by atoms with Crippen molar-refractivity contribution in [2.24, 2.45) is 10.9 Å². The first-order valence-corrected chi connectivity index (χ1v) is 10.2. The van der Waals surface area contributed by atoms with Gasteiger partial charge in [-0.2, -0.15) is 0 Å². The Labute approximate surface area is 179 Å². The number of anilines is 1. The molecule has 0 aliphatic carbocycles. The van der Waals surface area contributed by atoms with E-state index in [0.717, 1.165) is 60.5 Å². The van der Waals surface area contributed by atoms with Crippen LogP contribution in [0.2, 0.25) is 0 Å². The molecule has 7 heteroatoms. The smallest absolute Gasteiger partial charge is 0.191 e. The SMILES string of the molecule is CN=C(NCc1ccc(OC)cc1OC)NCC1CCN(c2ccccc2OC)C1. The first-order chi connectivity index (χ1) is 14.7. The predicted octanol–water partition coefficient (Wildman–Crippen LogP) is 2.90. The Morgan fingerprint density at radius 3 is 2.57 bits per heavy atom. The summed E-state index contributed by atoms with van der Waals surface area (Å²) in [5.74, 6) is 3.82. The number of ether oxygens (including phenoxy) is 3. The Hall–Kier alpha value is -3.09. The summed E-state index contributed by atoms with van der Waals surface area (Å²) in [6.07, 6.45) is 1.13. The highest BCUT2D eigenvalue weighted by Crippen LogP contribution is 2.31. The van der Waals surface area contributed by atoms with Gasteiger partial charge >= 0.3 is 0 Å². The zero-order valence-corrected chi connectivity index (χ0v) is 18.3. The van der Waals surface area contributed by atoms with E-state index in [0.29, 0.717) is 12.5 Å². The largest absolute Gasteiger partial charge is 0.497 e. The molecule has 3 rings (SSSR count). The van der Waals surface area contributed by atoms with E-state index in [4.69, 9.17) is 14.2 Å². The molecule has 0 bridgehead atoms. The highest BCUT2D eigenvalue weighted by Gasteiger charge is 2.24. The van der Waals surface area contributed by atoms with E-state index in [9.17, 15) is 0 Å². The molecule has 0 saturated carbocycles. The van der Waals surface area contributed by atoms with Gasteiger partial charge in [-0.1, -0.05) is 12.1 Å². The number of hydrogen-bond acceptors (Lipinski definition) is 5. The Bertz CT molecular complexity index is 856. The number of hydrogen-bond donors (Lipinski definition) is 2. The summed E-state index contributed by atoms with van der Waals surface area (Å²) in [6, 6.07) is 14.0. The molecule has 30 heavy (non-hydrogen) atoms. The number of rotatable bonds is 8.